The molecule has 35 heavy (non-hydrogen) atoms. The van der Waals surface area contributed by atoms with Crippen molar-refractivity contribution in [2.75, 3.05) is 31.7 Å². The van der Waals surface area contributed by atoms with Gasteiger partial charge in [-0.1, -0.05) is 18.2 Å². The number of nitrogens with zero attached hydrogens (tertiary/aromatic N) is 2. The number of ether oxygens (including phenoxy) is 4. The zero-order valence-electron chi connectivity index (χ0n) is 20.7. The molecule has 0 saturated carbocycles. The smallest absolute Gasteiger partial charge is 0.338 e. The molecule has 2 aromatic carbocycles. The van der Waals surface area contributed by atoms with Gasteiger partial charge in [-0.2, -0.15) is 5.10 Å². The molecule has 9 nitrogen and oxygen atoms in total. The van der Waals surface area contributed by atoms with E-state index < -0.39 is 18.5 Å². The van der Waals surface area contributed by atoms with E-state index in [0.717, 1.165) is 11.4 Å². The summed E-state index contributed by atoms with van der Waals surface area (Å²) in [5.41, 5.74) is 3.07. The second-order valence-electron chi connectivity index (χ2n) is 7.52. The predicted molar refractivity (Wildman–Crippen MR) is 132 cm³/mol. The number of rotatable bonds is 11. The Hall–Kier alpha value is -4.01. The molecule has 0 aliphatic carbocycles. The zero-order chi connectivity index (χ0) is 25.4. The molecule has 3 aromatic rings. The van der Waals surface area contributed by atoms with E-state index >= 15 is 0 Å². The number of esters is 1. The number of anilines is 1. The van der Waals surface area contributed by atoms with Crippen molar-refractivity contribution in [3.8, 4) is 22.9 Å². The third-order valence-electron chi connectivity index (χ3n) is 5.04. The monoisotopic (exact) mass is 481 g/mol. The van der Waals surface area contributed by atoms with E-state index in [2.05, 4.69) is 10.4 Å². The lowest BCUT2D eigenvalue weighted by atomic mass is 10.2. The maximum atomic E-state index is 12.7. The first-order valence-corrected chi connectivity index (χ1v) is 11.5. The summed E-state index contributed by atoms with van der Waals surface area (Å²) in [5, 5.41) is 7.30. The Labute approximate surface area is 204 Å². The Morgan fingerprint density at radius 2 is 1.51 bits per heavy atom. The fraction of sp³-hybridized carbons (Fsp3) is 0.346. The number of carbonyl (C=O) groups excluding carboxylic acids is 2. The molecule has 9 heteroatoms. The summed E-state index contributed by atoms with van der Waals surface area (Å²) in [5.74, 6) is 0.0103. The predicted octanol–water partition coefficient (Wildman–Crippen LogP) is 4.48. The second kappa shape index (κ2) is 11.9. The number of aryl methyl sites for hydroxylation is 1. The maximum Gasteiger partial charge on any atom is 0.338 e. The topological polar surface area (TPSA) is 101 Å². The van der Waals surface area contributed by atoms with Crippen LogP contribution in [0, 0.1) is 13.8 Å². The minimum atomic E-state index is -0.682. The normalized spacial score (nSPS) is 10.5. The summed E-state index contributed by atoms with van der Waals surface area (Å²) in [6.45, 7) is 9.87. The molecule has 186 valence electrons. The van der Waals surface area contributed by atoms with E-state index in [-0.39, 0.29) is 5.56 Å². The van der Waals surface area contributed by atoms with Gasteiger partial charge in [0.15, 0.2) is 18.1 Å². The molecule has 3 rings (SSSR count). The van der Waals surface area contributed by atoms with Crippen LogP contribution in [0.25, 0.3) is 5.69 Å². The van der Waals surface area contributed by atoms with Crippen LogP contribution in [0.1, 0.15) is 42.5 Å². The van der Waals surface area contributed by atoms with Crippen molar-refractivity contribution < 1.29 is 28.5 Å². The van der Waals surface area contributed by atoms with Gasteiger partial charge in [0.2, 0.25) is 5.75 Å². The van der Waals surface area contributed by atoms with Gasteiger partial charge in [0.05, 0.1) is 48.1 Å². The Morgan fingerprint density at radius 3 is 2.09 bits per heavy atom. The van der Waals surface area contributed by atoms with Crippen molar-refractivity contribution >= 4 is 17.6 Å². The molecule has 0 aliphatic rings. The van der Waals surface area contributed by atoms with Gasteiger partial charge in [0, 0.05) is 0 Å². The summed E-state index contributed by atoms with van der Waals surface area (Å²) in [6.07, 6.45) is 0. The Kier molecular flexibility index (Phi) is 8.72. The highest BCUT2D eigenvalue weighted by atomic mass is 16.5. The van der Waals surface area contributed by atoms with Gasteiger partial charge < -0.3 is 24.3 Å². The molecule has 1 amide bonds. The van der Waals surface area contributed by atoms with Crippen LogP contribution in [0.5, 0.6) is 17.2 Å². The summed E-state index contributed by atoms with van der Waals surface area (Å²) in [4.78, 5) is 25.3. The van der Waals surface area contributed by atoms with Crippen LogP contribution >= 0.6 is 0 Å². The molecular formula is C26H31N3O6. The number of hydrogen-bond acceptors (Lipinski definition) is 7. The van der Waals surface area contributed by atoms with Crippen molar-refractivity contribution in [1.29, 1.82) is 0 Å². The van der Waals surface area contributed by atoms with Gasteiger partial charge in [0.25, 0.3) is 5.91 Å². The van der Waals surface area contributed by atoms with Crippen LogP contribution in [0.2, 0.25) is 0 Å². The van der Waals surface area contributed by atoms with E-state index in [0.29, 0.717) is 48.5 Å². The summed E-state index contributed by atoms with van der Waals surface area (Å²) in [6, 6.07) is 12.7. The molecule has 0 unspecified atom stereocenters. The summed E-state index contributed by atoms with van der Waals surface area (Å²) in [7, 11) is 0. The molecule has 0 spiro atoms. The number of carbonyl (C=O) groups is 2. The highest BCUT2D eigenvalue weighted by Gasteiger charge is 2.21. The summed E-state index contributed by atoms with van der Waals surface area (Å²) < 4.78 is 23.9. The molecule has 1 N–H and O–H groups in total. The van der Waals surface area contributed by atoms with Gasteiger partial charge >= 0.3 is 5.97 Å². The molecule has 0 fully saturated rings. The number of para-hydroxylation sites is 1. The molecule has 1 aromatic heterocycles. The average Bonchev–Trinajstić information content (AvgIpc) is 3.13. The lowest BCUT2D eigenvalue weighted by Crippen LogP contribution is -2.21. The fourth-order valence-electron chi connectivity index (χ4n) is 3.54. The first kappa shape index (κ1) is 25.6. The molecule has 0 radical (unpaired) electrons. The van der Waals surface area contributed by atoms with Crippen molar-refractivity contribution in [3.63, 3.8) is 0 Å². The third-order valence-corrected chi connectivity index (χ3v) is 5.04. The van der Waals surface area contributed by atoms with Crippen LogP contribution in [0.15, 0.2) is 42.5 Å². The number of nitrogens with one attached hydrogen (secondary N) is 1. The van der Waals surface area contributed by atoms with Crippen molar-refractivity contribution in [2.24, 2.45) is 0 Å². The molecule has 0 bridgehead atoms. The van der Waals surface area contributed by atoms with E-state index in [1.54, 1.807) is 11.6 Å². The third kappa shape index (κ3) is 6.11. The van der Waals surface area contributed by atoms with Crippen LogP contribution in [0.3, 0.4) is 0 Å². The van der Waals surface area contributed by atoms with Gasteiger partial charge in [0.1, 0.15) is 0 Å². The Bertz CT molecular complexity index is 1150. The Morgan fingerprint density at radius 1 is 0.914 bits per heavy atom. The number of hydrogen-bond donors (Lipinski definition) is 1. The first-order chi connectivity index (χ1) is 16.9. The zero-order valence-corrected chi connectivity index (χ0v) is 20.7. The molecule has 1 heterocycles. The van der Waals surface area contributed by atoms with Crippen molar-refractivity contribution in [2.45, 2.75) is 34.6 Å². The van der Waals surface area contributed by atoms with E-state index in [1.807, 2.05) is 58.0 Å². The Balaban J connectivity index is 1.72. The molecule has 0 atom stereocenters. The molecule has 0 saturated heterocycles. The van der Waals surface area contributed by atoms with Crippen molar-refractivity contribution in [1.82, 2.24) is 9.78 Å². The standard InChI is InChI=1S/C26H31N3O6/c1-6-32-21-14-19(15-22(33-7-2)25(21)34-8-3)26(31)35-16-23(30)27-24-17(4)28-29(18(24)5)20-12-10-9-11-13-20/h9-15H,6-8,16H2,1-5H3,(H,27,30). The molecule has 0 aliphatic heterocycles. The van der Waals surface area contributed by atoms with Crippen LogP contribution in [-0.4, -0.2) is 48.1 Å². The van der Waals surface area contributed by atoms with Gasteiger partial charge in [-0.25, -0.2) is 9.48 Å². The fourth-order valence-corrected chi connectivity index (χ4v) is 3.54. The quantitative estimate of drug-likeness (QED) is 0.403. The highest BCUT2D eigenvalue weighted by Crippen LogP contribution is 2.39. The van der Waals surface area contributed by atoms with Crippen LogP contribution < -0.4 is 19.5 Å². The van der Waals surface area contributed by atoms with E-state index in [1.165, 1.54) is 12.1 Å². The van der Waals surface area contributed by atoms with E-state index in [4.69, 9.17) is 18.9 Å². The van der Waals surface area contributed by atoms with Gasteiger partial charge in [-0.15, -0.1) is 0 Å². The number of benzene rings is 2. The van der Waals surface area contributed by atoms with Gasteiger partial charge in [-0.05, 0) is 58.9 Å². The van der Waals surface area contributed by atoms with Gasteiger partial charge in [-0.3, -0.25) is 4.79 Å². The average molecular weight is 482 g/mol. The maximum absolute atomic E-state index is 12.7. The minimum absolute atomic E-state index is 0.192. The van der Waals surface area contributed by atoms with E-state index in [9.17, 15) is 9.59 Å². The lowest BCUT2D eigenvalue weighted by Gasteiger charge is -2.16. The SMILES string of the molecule is CCOc1cc(C(=O)OCC(=O)Nc2c(C)nn(-c3ccccc3)c2C)cc(OCC)c1OCC. The summed E-state index contributed by atoms with van der Waals surface area (Å²) >= 11 is 0. The molecular weight excluding hydrogens is 450 g/mol. The lowest BCUT2D eigenvalue weighted by molar-refractivity contribution is -0.119. The highest BCUT2D eigenvalue weighted by molar-refractivity contribution is 5.96. The van der Waals surface area contributed by atoms with Crippen LogP contribution in [0.4, 0.5) is 5.69 Å². The van der Waals surface area contributed by atoms with Crippen LogP contribution in [-0.2, 0) is 9.53 Å². The number of aromatic nitrogens is 2. The second-order valence-corrected chi connectivity index (χ2v) is 7.52. The minimum Gasteiger partial charge on any atom is -0.490 e. The number of amides is 1. The largest absolute Gasteiger partial charge is 0.490 e. The van der Waals surface area contributed by atoms with Crippen molar-refractivity contribution in [3.05, 3.63) is 59.4 Å². The first-order valence-electron chi connectivity index (χ1n) is 11.5.